The third kappa shape index (κ3) is 6.79. The molecule has 0 radical (unpaired) electrons. The van der Waals surface area contributed by atoms with Gasteiger partial charge in [0, 0.05) is 26.4 Å². The molecular formula is C21H34FN7O4PS+. The van der Waals surface area contributed by atoms with Gasteiger partial charge in [0.25, 0.3) is 0 Å². The van der Waals surface area contributed by atoms with Gasteiger partial charge >= 0.3 is 13.0 Å². The minimum Gasteiger partial charge on any atom is -0.464 e. The lowest BCUT2D eigenvalue weighted by Gasteiger charge is -2.20. The van der Waals surface area contributed by atoms with Crippen molar-refractivity contribution in [2.24, 2.45) is 11.3 Å². The molecule has 11 nitrogen and oxygen atoms in total. The number of alkyl halides is 1. The van der Waals surface area contributed by atoms with Gasteiger partial charge in [-0.3, -0.25) is 9.36 Å². The molecule has 1 fully saturated rings. The summed E-state index contributed by atoms with van der Waals surface area (Å²) in [6, 6.07) is -0.680. The Morgan fingerprint density at radius 2 is 2.17 bits per heavy atom. The molecule has 0 aliphatic carbocycles. The van der Waals surface area contributed by atoms with E-state index in [-0.39, 0.29) is 36.9 Å². The van der Waals surface area contributed by atoms with Crippen LogP contribution in [0.3, 0.4) is 0 Å². The summed E-state index contributed by atoms with van der Waals surface area (Å²) in [7, 11) is 1.94. The largest absolute Gasteiger partial charge is 0.464 e. The van der Waals surface area contributed by atoms with Crippen molar-refractivity contribution in [2.75, 3.05) is 37.9 Å². The average Bonchev–Trinajstić information content (AvgIpc) is 3.29. The quantitative estimate of drug-likeness (QED) is 0.366. The van der Waals surface area contributed by atoms with Crippen LogP contribution in [0.1, 0.15) is 47.3 Å². The first kappa shape index (κ1) is 27.5. The summed E-state index contributed by atoms with van der Waals surface area (Å²) in [4.78, 5) is 26.9. The van der Waals surface area contributed by atoms with Crippen LogP contribution in [-0.2, 0) is 30.6 Å². The van der Waals surface area contributed by atoms with Gasteiger partial charge in [-0.15, -0.1) is 4.52 Å². The van der Waals surface area contributed by atoms with E-state index >= 15 is 4.39 Å². The molecule has 2 aromatic rings. The Morgan fingerprint density at radius 3 is 2.80 bits per heavy atom. The second-order valence-corrected chi connectivity index (χ2v) is 12.3. The number of nitrogens with two attached hydrogens (primary N) is 1. The molecule has 3 rings (SSSR count). The Labute approximate surface area is 210 Å². The third-order valence-corrected chi connectivity index (χ3v) is 6.86. The first-order chi connectivity index (χ1) is 16.2. The fourth-order valence-electron chi connectivity index (χ4n) is 3.62. The number of fused-ring (bicyclic) bond motifs is 1. The number of imidazole rings is 1. The average molecular weight is 531 g/mol. The van der Waals surface area contributed by atoms with Crippen molar-refractivity contribution < 1.29 is 23.2 Å². The summed E-state index contributed by atoms with van der Waals surface area (Å²) >= 11 is 5.28. The highest BCUT2D eigenvalue weighted by Gasteiger charge is 2.48. The van der Waals surface area contributed by atoms with Crippen LogP contribution in [0.25, 0.3) is 11.2 Å². The van der Waals surface area contributed by atoms with Gasteiger partial charge in [0.05, 0.1) is 12.9 Å². The summed E-state index contributed by atoms with van der Waals surface area (Å²) in [6.45, 7) is 9.30. The SMILES string of the molecule is C[C@@H](N[P+](=S)OC[C@]1(F)C[C@H](C)[C@H](n2cnc3c(N(C)C)nc(N)nc32)O1)C(=O)OCC(C)(C)C. The molecule has 0 saturated carbocycles. The number of hydrogen-bond acceptors (Lipinski definition) is 10. The second kappa shape index (κ2) is 10.5. The maximum absolute atomic E-state index is 15.6. The molecular weight excluding hydrogens is 496 g/mol. The Hall–Kier alpha value is -2.05. The number of halogens is 1. The third-order valence-electron chi connectivity index (χ3n) is 5.26. The fraction of sp³-hybridized carbons (Fsp3) is 0.714. The molecule has 1 aliphatic rings. The van der Waals surface area contributed by atoms with Gasteiger partial charge < -0.3 is 20.1 Å². The number of carbonyl (C=O) groups is 1. The standard InChI is InChI=1S/C21H34FN7O4PS/c1-12-8-21(22,10-32-34(35)27-13(2)18(30)31-9-20(3,4)5)33-17(12)29-11-24-14-15(28(6)7)25-19(23)26-16(14)29/h11-13,17H,8-10H2,1-7H3,(H,27,35)(H2,23,25,26)/q+1/t12-,13+,17+,21-/m0/s1. The normalized spacial score (nSPS) is 23.9. The number of carbonyl (C=O) groups excluding carboxylic acids is 1. The van der Waals surface area contributed by atoms with Gasteiger partial charge in [-0.2, -0.15) is 9.97 Å². The highest BCUT2D eigenvalue weighted by atomic mass is 32.4. The van der Waals surface area contributed by atoms with Crippen LogP contribution >= 0.6 is 7.07 Å². The Balaban J connectivity index is 1.63. The van der Waals surface area contributed by atoms with Crippen LogP contribution in [0.4, 0.5) is 16.2 Å². The van der Waals surface area contributed by atoms with E-state index in [1.807, 2.05) is 41.8 Å². The molecule has 1 saturated heterocycles. The number of hydrogen-bond donors (Lipinski definition) is 2. The van der Waals surface area contributed by atoms with Crippen LogP contribution in [0, 0.1) is 11.3 Å². The molecule has 194 valence electrons. The Morgan fingerprint density at radius 1 is 1.49 bits per heavy atom. The van der Waals surface area contributed by atoms with Gasteiger partial charge in [0.15, 0.2) is 23.6 Å². The molecule has 0 bridgehead atoms. The van der Waals surface area contributed by atoms with E-state index < -0.39 is 31.2 Å². The fourth-order valence-corrected chi connectivity index (χ4v) is 5.06. The lowest BCUT2D eigenvalue weighted by molar-refractivity contribution is -0.171. The maximum Gasteiger partial charge on any atom is 0.440 e. The van der Waals surface area contributed by atoms with Gasteiger partial charge in [-0.25, -0.2) is 9.37 Å². The lowest BCUT2D eigenvalue weighted by Crippen LogP contribution is -2.34. The smallest absolute Gasteiger partial charge is 0.440 e. The van der Waals surface area contributed by atoms with E-state index in [9.17, 15) is 4.79 Å². The number of ether oxygens (including phenoxy) is 2. The molecule has 1 aliphatic heterocycles. The number of nitrogen functional groups attached to an aromatic ring is 1. The summed E-state index contributed by atoms with van der Waals surface area (Å²) in [5.41, 5.74) is 6.73. The minimum atomic E-state index is -2.07. The number of nitrogens with zero attached hydrogens (tertiary/aromatic N) is 5. The van der Waals surface area contributed by atoms with Gasteiger partial charge in [0.2, 0.25) is 23.6 Å². The first-order valence-corrected chi connectivity index (χ1v) is 13.5. The number of anilines is 2. The highest BCUT2D eigenvalue weighted by molar-refractivity contribution is 8.02. The molecule has 0 aromatic carbocycles. The van der Waals surface area contributed by atoms with Crippen molar-refractivity contribution in [1.82, 2.24) is 24.6 Å². The maximum atomic E-state index is 15.6. The zero-order chi connectivity index (χ0) is 26.1. The molecule has 1 unspecified atom stereocenters. The number of esters is 1. The van der Waals surface area contributed by atoms with Gasteiger partial charge in [-0.1, -0.05) is 32.8 Å². The van der Waals surface area contributed by atoms with Crippen molar-refractivity contribution in [2.45, 2.75) is 59.2 Å². The van der Waals surface area contributed by atoms with E-state index in [0.29, 0.717) is 17.0 Å². The van der Waals surface area contributed by atoms with Crippen molar-refractivity contribution >= 4 is 47.8 Å². The zero-order valence-electron chi connectivity index (χ0n) is 21.1. The van der Waals surface area contributed by atoms with E-state index in [0.717, 1.165) is 0 Å². The monoisotopic (exact) mass is 530 g/mol. The Kier molecular flexibility index (Phi) is 8.27. The minimum absolute atomic E-state index is 0.0835. The van der Waals surface area contributed by atoms with Gasteiger partial charge in [0.1, 0.15) is 12.3 Å². The summed E-state index contributed by atoms with van der Waals surface area (Å²) in [5.74, 6) is -2.07. The van der Waals surface area contributed by atoms with Crippen molar-refractivity contribution in [3.05, 3.63) is 6.33 Å². The van der Waals surface area contributed by atoms with Gasteiger partial charge in [-0.05, 0) is 12.3 Å². The topological polar surface area (TPSA) is 130 Å². The highest BCUT2D eigenvalue weighted by Crippen LogP contribution is 2.44. The molecule has 5 atom stereocenters. The number of rotatable bonds is 9. The van der Waals surface area contributed by atoms with E-state index in [1.165, 1.54) is 0 Å². The predicted molar refractivity (Wildman–Crippen MR) is 135 cm³/mol. The Bertz CT molecular complexity index is 1100. The van der Waals surface area contributed by atoms with E-state index in [1.54, 1.807) is 22.7 Å². The number of aromatic nitrogens is 4. The molecule has 14 heteroatoms. The predicted octanol–water partition coefficient (Wildman–Crippen LogP) is 3.05. The summed E-state index contributed by atoms with van der Waals surface area (Å²) in [5, 5.41) is 2.86. The van der Waals surface area contributed by atoms with E-state index in [4.69, 9.17) is 31.5 Å². The van der Waals surface area contributed by atoms with Crippen LogP contribution < -0.4 is 15.7 Å². The van der Waals surface area contributed by atoms with Crippen molar-refractivity contribution in [1.29, 1.82) is 0 Å². The summed E-state index contributed by atoms with van der Waals surface area (Å²) < 4.78 is 33.9. The lowest BCUT2D eigenvalue weighted by atomic mass is 9.99. The molecule has 35 heavy (non-hydrogen) atoms. The molecule has 2 aromatic heterocycles. The molecule has 0 amide bonds. The second-order valence-electron chi connectivity index (χ2n) is 10.2. The van der Waals surface area contributed by atoms with Crippen LogP contribution in [0.15, 0.2) is 6.33 Å². The van der Waals surface area contributed by atoms with Crippen LogP contribution in [0.2, 0.25) is 0 Å². The zero-order valence-corrected chi connectivity index (χ0v) is 22.8. The molecule has 3 N–H and O–H groups in total. The van der Waals surface area contributed by atoms with Crippen LogP contribution in [0.5, 0.6) is 0 Å². The van der Waals surface area contributed by atoms with E-state index in [2.05, 4.69) is 20.0 Å². The van der Waals surface area contributed by atoms with Crippen molar-refractivity contribution in [3.63, 3.8) is 0 Å². The van der Waals surface area contributed by atoms with Crippen LogP contribution in [-0.4, -0.2) is 64.7 Å². The first-order valence-electron chi connectivity index (χ1n) is 11.3. The molecule has 3 heterocycles. The molecule has 0 spiro atoms. The number of nitrogens with one attached hydrogen (secondary N) is 1. The summed E-state index contributed by atoms with van der Waals surface area (Å²) in [6.07, 6.45) is 0.958. The van der Waals surface area contributed by atoms with Crippen molar-refractivity contribution in [3.8, 4) is 0 Å².